The summed E-state index contributed by atoms with van der Waals surface area (Å²) in [5.74, 6) is 0.578. The van der Waals surface area contributed by atoms with Crippen LogP contribution in [0.2, 0.25) is 5.02 Å². The second-order valence-corrected chi connectivity index (χ2v) is 10.8. The highest BCUT2D eigenvalue weighted by atomic mass is 35.5. The van der Waals surface area contributed by atoms with Crippen LogP contribution in [0.4, 0.5) is 5.69 Å². The number of amides is 1. The number of hydrogen-bond acceptors (Lipinski definition) is 4. The predicted molar refractivity (Wildman–Crippen MR) is 118 cm³/mol. The number of benzene rings is 2. The van der Waals surface area contributed by atoms with Gasteiger partial charge in [-0.05, 0) is 55.7 Å². The van der Waals surface area contributed by atoms with E-state index in [1.165, 1.54) is 6.07 Å². The van der Waals surface area contributed by atoms with Gasteiger partial charge in [0.1, 0.15) is 0 Å². The standard InChI is InChI=1S/C21H23ClN2O3S2/c1-15-5-6-16(13-20(15)29(26,27)23-9-3-2-4-10-23)21(25)24-11-12-28-19-8-7-17(22)14-18(19)24/h5-8,13-14H,2-4,9-12H2,1H3. The molecule has 154 valence electrons. The van der Waals surface area contributed by atoms with Crippen LogP contribution in [0.3, 0.4) is 0 Å². The normalized spacial score (nSPS) is 17.8. The molecule has 0 radical (unpaired) electrons. The van der Waals surface area contributed by atoms with Crippen molar-refractivity contribution < 1.29 is 13.2 Å². The monoisotopic (exact) mass is 450 g/mol. The summed E-state index contributed by atoms with van der Waals surface area (Å²) in [6.07, 6.45) is 2.80. The van der Waals surface area contributed by atoms with Gasteiger partial charge in [-0.3, -0.25) is 4.79 Å². The number of fused-ring (bicyclic) bond motifs is 1. The van der Waals surface area contributed by atoms with Crippen LogP contribution in [-0.2, 0) is 10.0 Å². The van der Waals surface area contributed by atoms with E-state index in [4.69, 9.17) is 11.6 Å². The Labute approximate surface area is 181 Å². The van der Waals surface area contributed by atoms with Crippen LogP contribution in [0.25, 0.3) is 0 Å². The van der Waals surface area contributed by atoms with Gasteiger partial charge in [0.15, 0.2) is 0 Å². The second kappa shape index (κ2) is 8.30. The maximum Gasteiger partial charge on any atom is 0.258 e. The summed E-state index contributed by atoms with van der Waals surface area (Å²) in [7, 11) is -3.61. The SMILES string of the molecule is Cc1ccc(C(=O)N2CCSc3ccc(Cl)cc32)cc1S(=O)(=O)N1CCCCC1. The van der Waals surface area contributed by atoms with Gasteiger partial charge in [-0.2, -0.15) is 4.31 Å². The lowest BCUT2D eigenvalue weighted by atomic mass is 10.1. The number of hydrogen-bond donors (Lipinski definition) is 0. The van der Waals surface area contributed by atoms with Crippen molar-refractivity contribution in [3.05, 3.63) is 52.5 Å². The molecule has 2 aromatic rings. The van der Waals surface area contributed by atoms with Gasteiger partial charge in [-0.25, -0.2) is 8.42 Å². The molecule has 2 aliphatic rings. The molecule has 0 spiro atoms. The van der Waals surface area contributed by atoms with E-state index in [0.29, 0.717) is 35.8 Å². The van der Waals surface area contributed by atoms with Gasteiger partial charge in [-0.15, -0.1) is 11.8 Å². The summed E-state index contributed by atoms with van der Waals surface area (Å²) in [5.41, 5.74) is 1.81. The molecule has 8 heteroatoms. The van der Waals surface area contributed by atoms with Crippen LogP contribution in [0.15, 0.2) is 46.2 Å². The first-order valence-corrected chi connectivity index (χ1v) is 12.5. The second-order valence-electron chi connectivity index (χ2n) is 7.36. The van der Waals surface area contributed by atoms with Gasteiger partial charge in [0.05, 0.1) is 10.6 Å². The Morgan fingerprint density at radius 3 is 2.55 bits per heavy atom. The summed E-state index contributed by atoms with van der Waals surface area (Å²) >= 11 is 7.84. The molecular weight excluding hydrogens is 428 g/mol. The van der Waals surface area contributed by atoms with Crippen LogP contribution in [0.1, 0.15) is 35.2 Å². The van der Waals surface area contributed by atoms with E-state index in [2.05, 4.69) is 0 Å². The predicted octanol–water partition coefficient (Wildman–Crippen LogP) is 4.58. The minimum atomic E-state index is -3.61. The highest BCUT2D eigenvalue weighted by molar-refractivity contribution is 7.99. The van der Waals surface area contributed by atoms with E-state index < -0.39 is 10.0 Å². The summed E-state index contributed by atoms with van der Waals surface area (Å²) in [4.78, 5) is 16.2. The number of thioether (sulfide) groups is 1. The molecule has 0 saturated carbocycles. The zero-order chi connectivity index (χ0) is 20.6. The fourth-order valence-corrected chi connectivity index (χ4v) is 6.72. The molecule has 0 unspecified atom stereocenters. The van der Waals surface area contributed by atoms with Crippen LogP contribution >= 0.6 is 23.4 Å². The van der Waals surface area contributed by atoms with E-state index in [9.17, 15) is 13.2 Å². The number of sulfonamides is 1. The number of anilines is 1. The van der Waals surface area contributed by atoms with Crippen molar-refractivity contribution >= 4 is 45.0 Å². The van der Waals surface area contributed by atoms with Crippen molar-refractivity contribution in [2.24, 2.45) is 0 Å². The highest BCUT2D eigenvalue weighted by Gasteiger charge is 2.30. The Balaban J connectivity index is 1.70. The average molecular weight is 451 g/mol. The number of carbonyl (C=O) groups excluding carboxylic acids is 1. The highest BCUT2D eigenvalue weighted by Crippen LogP contribution is 2.37. The summed E-state index contributed by atoms with van der Waals surface area (Å²) in [5, 5.41) is 0.571. The topological polar surface area (TPSA) is 57.7 Å². The van der Waals surface area contributed by atoms with Crippen molar-refractivity contribution in [2.75, 3.05) is 30.3 Å². The number of halogens is 1. The van der Waals surface area contributed by atoms with Crippen LogP contribution in [0.5, 0.6) is 0 Å². The average Bonchev–Trinajstić information content (AvgIpc) is 2.73. The Kier molecular flexibility index (Phi) is 5.93. The van der Waals surface area contributed by atoms with Crippen LogP contribution in [0, 0.1) is 6.92 Å². The molecule has 1 amide bonds. The third kappa shape index (κ3) is 4.06. The van der Waals surface area contributed by atoms with Gasteiger partial charge < -0.3 is 4.90 Å². The molecule has 0 N–H and O–H groups in total. The quantitative estimate of drug-likeness (QED) is 0.687. The largest absolute Gasteiger partial charge is 0.306 e. The van der Waals surface area contributed by atoms with Crippen molar-refractivity contribution in [1.82, 2.24) is 4.31 Å². The molecule has 2 aromatic carbocycles. The summed E-state index contributed by atoms with van der Waals surface area (Å²) in [6.45, 7) is 3.40. The zero-order valence-corrected chi connectivity index (χ0v) is 18.6. The lowest BCUT2D eigenvalue weighted by molar-refractivity contribution is 0.0987. The minimum Gasteiger partial charge on any atom is -0.306 e. The molecule has 0 bridgehead atoms. The van der Waals surface area contributed by atoms with Crippen molar-refractivity contribution in [3.63, 3.8) is 0 Å². The maximum atomic E-state index is 13.3. The van der Waals surface area contributed by atoms with E-state index in [1.807, 2.05) is 12.1 Å². The molecule has 0 atom stereocenters. The number of carbonyl (C=O) groups is 1. The van der Waals surface area contributed by atoms with E-state index >= 15 is 0 Å². The van der Waals surface area contributed by atoms with Crippen molar-refractivity contribution in [3.8, 4) is 0 Å². The van der Waals surface area contributed by atoms with Gasteiger partial charge >= 0.3 is 0 Å². The number of rotatable bonds is 3. The first-order valence-electron chi connectivity index (χ1n) is 9.73. The Morgan fingerprint density at radius 1 is 1.03 bits per heavy atom. The van der Waals surface area contributed by atoms with Crippen molar-refractivity contribution in [1.29, 1.82) is 0 Å². The molecular formula is C21H23ClN2O3S2. The molecule has 29 heavy (non-hydrogen) atoms. The Morgan fingerprint density at radius 2 is 1.79 bits per heavy atom. The van der Waals surface area contributed by atoms with E-state index in [1.54, 1.807) is 46.1 Å². The van der Waals surface area contributed by atoms with E-state index in [-0.39, 0.29) is 10.8 Å². The molecule has 4 rings (SSSR count). The fourth-order valence-electron chi connectivity index (χ4n) is 3.81. The molecule has 0 aromatic heterocycles. The summed E-state index contributed by atoms with van der Waals surface area (Å²) in [6, 6.07) is 10.5. The Bertz CT molecular complexity index is 1050. The van der Waals surface area contributed by atoms with Gasteiger partial charge in [-0.1, -0.05) is 24.1 Å². The molecule has 5 nitrogen and oxygen atoms in total. The lowest BCUT2D eigenvalue weighted by Gasteiger charge is -2.30. The Hall–Kier alpha value is -1.54. The summed E-state index contributed by atoms with van der Waals surface area (Å²) < 4.78 is 27.9. The minimum absolute atomic E-state index is 0.205. The van der Waals surface area contributed by atoms with Gasteiger partial charge in [0.2, 0.25) is 10.0 Å². The molecule has 1 saturated heterocycles. The first kappa shape index (κ1) is 20.7. The zero-order valence-electron chi connectivity index (χ0n) is 16.2. The maximum absolute atomic E-state index is 13.3. The number of aryl methyl sites for hydroxylation is 1. The molecule has 2 aliphatic heterocycles. The van der Waals surface area contributed by atoms with Gasteiger partial charge in [0, 0.05) is 40.9 Å². The van der Waals surface area contributed by atoms with E-state index in [0.717, 1.165) is 35.6 Å². The molecule has 1 fully saturated rings. The van der Waals surface area contributed by atoms with Crippen LogP contribution in [-0.4, -0.2) is 44.0 Å². The first-order chi connectivity index (χ1) is 13.9. The third-order valence-corrected chi connectivity index (χ3v) is 8.72. The fraction of sp³-hybridized carbons (Fsp3) is 0.381. The van der Waals surface area contributed by atoms with Gasteiger partial charge in [0.25, 0.3) is 5.91 Å². The third-order valence-electron chi connectivity index (χ3n) is 5.40. The number of piperidine rings is 1. The van der Waals surface area contributed by atoms with Crippen molar-refractivity contribution in [2.45, 2.75) is 36.0 Å². The smallest absolute Gasteiger partial charge is 0.258 e. The lowest BCUT2D eigenvalue weighted by Crippen LogP contribution is -2.37. The van der Waals surface area contributed by atoms with Crippen LogP contribution < -0.4 is 4.90 Å². The molecule has 0 aliphatic carbocycles. The number of nitrogens with zero attached hydrogens (tertiary/aromatic N) is 2. The molecule has 2 heterocycles.